The molecule has 1 aliphatic heterocycles. The third kappa shape index (κ3) is 2.62. The number of nitrogens with one attached hydrogen (secondary N) is 1. The standard InChI is InChI=1S/C11H16ClN3O/c1-2-15-4-3-8(7-15)5-9-6-10(12)11(16)14-13-9/h6,8H,2-5,7H2,1H3,(H,14,16). The molecule has 0 spiro atoms. The number of likely N-dealkylation sites (tertiary alicyclic amines) is 1. The second kappa shape index (κ2) is 4.97. The third-order valence-corrected chi connectivity index (χ3v) is 3.41. The van der Waals surface area contributed by atoms with E-state index in [-0.39, 0.29) is 10.6 Å². The van der Waals surface area contributed by atoms with Gasteiger partial charge in [-0.05, 0) is 37.9 Å². The predicted molar refractivity (Wildman–Crippen MR) is 63.8 cm³/mol. The zero-order chi connectivity index (χ0) is 11.5. The Morgan fingerprint density at radius 1 is 1.69 bits per heavy atom. The molecular weight excluding hydrogens is 226 g/mol. The molecule has 88 valence electrons. The molecule has 1 unspecified atom stereocenters. The molecule has 1 aromatic heterocycles. The second-order valence-electron chi connectivity index (χ2n) is 4.29. The third-order valence-electron chi connectivity index (χ3n) is 3.13. The summed E-state index contributed by atoms with van der Waals surface area (Å²) in [6.45, 7) is 5.57. The van der Waals surface area contributed by atoms with E-state index in [1.807, 2.05) is 0 Å². The molecule has 4 nitrogen and oxygen atoms in total. The lowest BCUT2D eigenvalue weighted by Crippen LogP contribution is -2.20. The number of nitrogens with zero attached hydrogens (tertiary/aromatic N) is 2. The SMILES string of the molecule is CCN1CCC(Cc2cc(Cl)c(=O)[nH]n2)C1. The molecule has 1 atom stereocenters. The van der Waals surface area contributed by atoms with Crippen LogP contribution in [0.2, 0.25) is 5.02 Å². The van der Waals surface area contributed by atoms with Gasteiger partial charge in [-0.1, -0.05) is 18.5 Å². The summed E-state index contributed by atoms with van der Waals surface area (Å²) in [5.74, 6) is 0.634. The van der Waals surface area contributed by atoms with Gasteiger partial charge in [-0.25, -0.2) is 5.10 Å². The molecule has 1 N–H and O–H groups in total. The summed E-state index contributed by atoms with van der Waals surface area (Å²) in [5.41, 5.74) is 0.569. The Morgan fingerprint density at radius 3 is 3.12 bits per heavy atom. The fourth-order valence-corrected chi connectivity index (χ4v) is 2.36. The molecule has 5 heteroatoms. The molecule has 2 heterocycles. The first-order chi connectivity index (χ1) is 7.69. The quantitative estimate of drug-likeness (QED) is 0.868. The number of aromatic nitrogens is 2. The summed E-state index contributed by atoms with van der Waals surface area (Å²) in [5, 5.41) is 6.66. The minimum absolute atomic E-state index is 0.232. The molecule has 1 aliphatic rings. The number of hydrogen-bond acceptors (Lipinski definition) is 3. The van der Waals surface area contributed by atoms with Crippen molar-refractivity contribution >= 4 is 11.6 Å². The van der Waals surface area contributed by atoms with Gasteiger partial charge in [-0.2, -0.15) is 5.10 Å². The summed E-state index contributed by atoms with van der Waals surface area (Å²) in [6, 6.07) is 1.68. The van der Waals surface area contributed by atoms with Crippen LogP contribution in [0.4, 0.5) is 0 Å². The molecule has 0 aliphatic carbocycles. The highest BCUT2D eigenvalue weighted by atomic mass is 35.5. The van der Waals surface area contributed by atoms with Gasteiger partial charge in [0.05, 0.1) is 5.69 Å². The Bertz CT molecular complexity index is 418. The van der Waals surface area contributed by atoms with Gasteiger partial charge in [0.15, 0.2) is 0 Å². The van der Waals surface area contributed by atoms with E-state index in [1.54, 1.807) is 6.07 Å². The minimum atomic E-state index is -0.313. The number of aromatic amines is 1. The van der Waals surface area contributed by atoms with Crippen LogP contribution in [0.1, 0.15) is 19.0 Å². The topological polar surface area (TPSA) is 49.0 Å². The Hall–Kier alpha value is -0.870. The number of rotatable bonds is 3. The second-order valence-corrected chi connectivity index (χ2v) is 4.70. The lowest BCUT2D eigenvalue weighted by atomic mass is 10.0. The molecule has 16 heavy (non-hydrogen) atoms. The molecule has 0 saturated carbocycles. The van der Waals surface area contributed by atoms with Crippen LogP contribution < -0.4 is 5.56 Å². The average molecular weight is 242 g/mol. The number of halogens is 1. The molecule has 1 aromatic rings. The van der Waals surface area contributed by atoms with E-state index in [1.165, 1.54) is 6.42 Å². The normalized spacial score (nSPS) is 21.5. The zero-order valence-corrected chi connectivity index (χ0v) is 10.1. The Balaban J connectivity index is 1.99. The van der Waals surface area contributed by atoms with Crippen molar-refractivity contribution in [3.63, 3.8) is 0 Å². The van der Waals surface area contributed by atoms with Gasteiger partial charge in [-0.15, -0.1) is 0 Å². The average Bonchev–Trinajstić information content (AvgIpc) is 2.71. The summed E-state index contributed by atoms with van der Waals surface area (Å²) in [4.78, 5) is 13.5. The Morgan fingerprint density at radius 2 is 2.50 bits per heavy atom. The summed E-state index contributed by atoms with van der Waals surface area (Å²) >= 11 is 5.76. The highest BCUT2D eigenvalue weighted by molar-refractivity contribution is 6.30. The predicted octanol–water partition coefficient (Wildman–Crippen LogP) is 1.31. The zero-order valence-electron chi connectivity index (χ0n) is 9.37. The van der Waals surface area contributed by atoms with E-state index in [9.17, 15) is 4.79 Å². The van der Waals surface area contributed by atoms with Crippen LogP contribution in [-0.4, -0.2) is 34.7 Å². The first-order valence-corrected chi connectivity index (χ1v) is 6.03. The minimum Gasteiger partial charge on any atom is -0.303 e. The van der Waals surface area contributed by atoms with Gasteiger partial charge in [0, 0.05) is 6.54 Å². The molecule has 0 radical (unpaired) electrons. The van der Waals surface area contributed by atoms with E-state index < -0.39 is 0 Å². The van der Waals surface area contributed by atoms with Crippen LogP contribution in [0.3, 0.4) is 0 Å². The molecular formula is C11H16ClN3O. The fraction of sp³-hybridized carbons (Fsp3) is 0.636. The van der Waals surface area contributed by atoms with E-state index >= 15 is 0 Å². The van der Waals surface area contributed by atoms with Gasteiger partial charge in [0.1, 0.15) is 5.02 Å². The maximum absolute atomic E-state index is 11.0. The van der Waals surface area contributed by atoms with Gasteiger partial charge in [0.2, 0.25) is 0 Å². The summed E-state index contributed by atoms with van der Waals surface area (Å²) in [7, 11) is 0. The highest BCUT2D eigenvalue weighted by Gasteiger charge is 2.21. The lowest BCUT2D eigenvalue weighted by Gasteiger charge is -2.12. The highest BCUT2D eigenvalue weighted by Crippen LogP contribution is 2.19. The fourth-order valence-electron chi connectivity index (χ4n) is 2.19. The summed E-state index contributed by atoms with van der Waals surface area (Å²) < 4.78 is 0. The first-order valence-electron chi connectivity index (χ1n) is 5.65. The van der Waals surface area contributed by atoms with Crippen LogP contribution in [0.15, 0.2) is 10.9 Å². The molecule has 1 saturated heterocycles. The monoisotopic (exact) mass is 241 g/mol. The van der Waals surface area contributed by atoms with Gasteiger partial charge >= 0.3 is 0 Å². The molecule has 0 aromatic carbocycles. The van der Waals surface area contributed by atoms with Crippen molar-refractivity contribution in [1.82, 2.24) is 15.1 Å². The van der Waals surface area contributed by atoms with Crippen molar-refractivity contribution in [2.75, 3.05) is 19.6 Å². The van der Waals surface area contributed by atoms with E-state index in [4.69, 9.17) is 11.6 Å². The van der Waals surface area contributed by atoms with Crippen molar-refractivity contribution in [3.8, 4) is 0 Å². The lowest BCUT2D eigenvalue weighted by molar-refractivity contribution is 0.341. The van der Waals surface area contributed by atoms with Crippen molar-refractivity contribution in [2.24, 2.45) is 5.92 Å². The van der Waals surface area contributed by atoms with Crippen LogP contribution in [0.25, 0.3) is 0 Å². The Labute approximate surface area is 99.6 Å². The van der Waals surface area contributed by atoms with Crippen LogP contribution in [-0.2, 0) is 6.42 Å². The molecule has 0 amide bonds. The van der Waals surface area contributed by atoms with Gasteiger partial charge in [-0.3, -0.25) is 4.79 Å². The molecule has 0 bridgehead atoms. The largest absolute Gasteiger partial charge is 0.303 e. The number of hydrogen-bond donors (Lipinski definition) is 1. The number of H-pyrrole nitrogens is 1. The molecule has 1 fully saturated rings. The van der Waals surface area contributed by atoms with E-state index in [2.05, 4.69) is 22.0 Å². The van der Waals surface area contributed by atoms with Crippen LogP contribution in [0.5, 0.6) is 0 Å². The van der Waals surface area contributed by atoms with Crippen molar-refractivity contribution in [2.45, 2.75) is 19.8 Å². The van der Waals surface area contributed by atoms with Crippen LogP contribution in [0, 0.1) is 5.92 Å². The molecule has 2 rings (SSSR count). The van der Waals surface area contributed by atoms with Crippen LogP contribution >= 0.6 is 11.6 Å². The van der Waals surface area contributed by atoms with E-state index in [0.717, 1.165) is 31.7 Å². The smallest absolute Gasteiger partial charge is 0.282 e. The summed E-state index contributed by atoms with van der Waals surface area (Å²) in [6.07, 6.45) is 2.10. The van der Waals surface area contributed by atoms with E-state index in [0.29, 0.717) is 5.92 Å². The Kier molecular flexibility index (Phi) is 3.61. The first kappa shape index (κ1) is 11.6. The van der Waals surface area contributed by atoms with Crippen molar-refractivity contribution in [3.05, 3.63) is 27.1 Å². The van der Waals surface area contributed by atoms with Gasteiger partial charge in [0.25, 0.3) is 5.56 Å². The maximum atomic E-state index is 11.0. The van der Waals surface area contributed by atoms with Gasteiger partial charge < -0.3 is 4.90 Å². The van der Waals surface area contributed by atoms with Crippen molar-refractivity contribution in [1.29, 1.82) is 0 Å². The van der Waals surface area contributed by atoms with Crippen molar-refractivity contribution < 1.29 is 0 Å². The maximum Gasteiger partial charge on any atom is 0.282 e.